The number of amides is 1. The minimum Gasteiger partial charge on any atom is -0.348 e. The number of rotatable bonds is 3. The molecule has 19 heavy (non-hydrogen) atoms. The highest BCUT2D eigenvalue weighted by atomic mass is 79.9. The molecule has 0 bridgehead atoms. The van der Waals surface area contributed by atoms with E-state index in [1.807, 2.05) is 0 Å². The van der Waals surface area contributed by atoms with Gasteiger partial charge in [-0.25, -0.2) is 8.78 Å². The first-order valence-corrected chi connectivity index (χ1v) is 6.34. The number of halogens is 3. The molecule has 5 heteroatoms. The fourth-order valence-electron chi connectivity index (χ4n) is 1.56. The largest absolute Gasteiger partial charge is 0.348 e. The number of benzene rings is 2. The first-order chi connectivity index (χ1) is 9.08. The highest BCUT2D eigenvalue weighted by Gasteiger charge is 2.12. The van der Waals surface area contributed by atoms with Crippen molar-refractivity contribution in [2.75, 3.05) is 0 Å². The van der Waals surface area contributed by atoms with E-state index in [-0.39, 0.29) is 22.4 Å². The van der Waals surface area contributed by atoms with E-state index in [4.69, 9.17) is 0 Å². The summed E-state index contributed by atoms with van der Waals surface area (Å²) in [5, 5.41) is 2.64. The van der Waals surface area contributed by atoms with E-state index in [0.717, 1.165) is 5.56 Å². The molecule has 0 aliphatic carbocycles. The monoisotopic (exact) mass is 325 g/mol. The Balaban J connectivity index is 2.05. The number of hydrogen-bond acceptors (Lipinski definition) is 1. The lowest BCUT2D eigenvalue weighted by molar-refractivity contribution is 0.0949. The third-order valence-electron chi connectivity index (χ3n) is 2.56. The topological polar surface area (TPSA) is 29.1 Å². The van der Waals surface area contributed by atoms with Crippen molar-refractivity contribution in [3.63, 3.8) is 0 Å². The smallest absolute Gasteiger partial charge is 0.252 e. The summed E-state index contributed by atoms with van der Waals surface area (Å²) >= 11 is 3.03. The molecule has 0 spiro atoms. The Morgan fingerprint density at radius 1 is 1.11 bits per heavy atom. The summed E-state index contributed by atoms with van der Waals surface area (Å²) in [6, 6.07) is 10.0. The van der Waals surface area contributed by atoms with Gasteiger partial charge in [-0.05, 0) is 45.8 Å². The number of carbonyl (C=O) groups excluding carboxylic acids is 1. The summed E-state index contributed by atoms with van der Waals surface area (Å²) in [5.74, 6) is -1.21. The van der Waals surface area contributed by atoms with E-state index >= 15 is 0 Å². The number of nitrogens with one attached hydrogen (secondary N) is 1. The van der Waals surface area contributed by atoms with Crippen LogP contribution in [0.5, 0.6) is 0 Å². The third-order valence-corrected chi connectivity index (χ3v) is 3.37. The molecule has 0 saturated heterocycles. The van der Waals surface area contributed by atoms with Crippen LogP contribution in [0.2, 0.25) is 0 Å². The van der Waals surface area contributed by atoms with Gasteiger partial charge >= 0.3 is 0 Å². The Hall–Kier alpha value is -1.75. The fourth-order valence-corrected chi connectivity index (χ4v) is 2.00. The molecule has 0 fully saturated rings. The molecular weight excluding hydrogens is 316 g/mol. The molecule has 2 aromatic carbocycles. The van der Waals surface area contributed by atoms with Gasteiger partial charge in [-0.15, -0.1) is 0 Å². The highest BCUT2D eigenvalue weighted by molar-refractivity contribution is 9.10. The lowest BCUT2D eigenvalue weighted by atomic mass is 10.2. The van der Waals surface area contributed by atoms with Gasteiger partial charge in [0.15, 0.2) is 0 Å². The zero-order valence-electron chi connectivity index (χ0n) is 9.79. The predicted octanol–water partition coefficient (Wildman–Crippen LogP) is 3.66. The Labute approximate surface area is 117 Å². The van der Waals surface area contributed by atoms with Gasteiger partial charge in [0.2, 0.25) is 0 Å². The maximum absolute atomic E-state index is 13.3. The minimum absolute atomic E-state index is 0.131. The molecule has 2 aromatic rings. The van der Waals surface area contributed by atoms with Crippen LogP contribution in [-0.2, 0) is 6.54 Å². The van der Waals surface area contributed by atoms with Crippen molar-refractivity contribution >= 4 is 21.8 Å². The minimum atomic E-state index is -0.491. The quantitative estimate of drug-likeness (QED) is 0.916. The molecule has 0 heterocycles. The van der Waals surface area contributed by atoms with Crippen LogP contribution >= 0.6 is 15.9 Å². The van der Waals surface area contributed by atoms with Crippen molar-refractivity contribution in [3.05, 3.63) is 69.7 Å². The summed E-state index contributed by atoms with van der Waals surface area (Å²) < 4.78 is 26.1. The van der Waals surface area contributed by atoms with Crippen LogP contribution < -0.4 is 5.32 Å². The van der Waals surface area contributed by atoms with Crippen LogP contribution in [0.15, 0.2) is 46.9 Å². The summed E-state index contributed by atoms with van der Waals surface area (Å²) in [6.07, 6.45) is 0. The molecule has 0 saturated carbocycles. The van der Waals surface area contributed by atoms with Gasteiger partial charge < -0.3 is 5.32 Å². The summed E-state index contributed by atoms with van der Waals surface area (Å²) in [7, 11) is 0. The molecular formula is C14H10BrF2NO. The van der Waals surface area contributed by atoms with Crippen molar-refractivity contribution in [1.82, 2.24) is 5.32 Å². The van der Waals surface area contributed by atoms with E-state index in [2.05, 4.69) is 21.2 Å². The Bertz CT molecular complexity index is 599. The maximum atomic E-state index is 13.3. The van der Waals surface area contributed by atoms with E-state index in [0.29, 0.717) is 0 Å². The lowest BCUT2D eigenvalue weighted by Gasteiger charge is -2.07. The molecule has 2 nitrogen and oxygen atoms in total. The SMILES string of the molecule is O=C(NCc1ccc(F)cc1)c1cccc(F)c1Br. The van der Waals surface area contributed by atoms with Gasteiger partial charge in [0.1, 0.15) is 11.6 Å². The van der Waals surface area contributed by atoms with E-state index in [1.165, 1.54) is 30.3 Å². The van der Waals surface area contributed by atoms with Crippen LogP contribution in [0, 0.1) is 11.6 Å². The number of hydrogen-bond donors (Lipinski definition) is 1. The average Bonchev–Trinajstić information content (AvgIpc) is 2.41. The maximum Gasteiger partial charge on any atom is 0.252 e. The van der Waals surface area contributed by atoms with Crippen molar-refractivity contribution in [2.45, 2.75) is 6.54 Å². The van der Waals surface area contributed by atoms with Crippen LogP contribution in [0.3, 0.4) is 0 Å². The summed E-state index contributed by atoms with van der Waals surface area (Å²) in [5.41, 5.74) is 0.990. The zero-order chi connectivity index (χ0) is 13.8. The van der Waals surface area contributed by atoms with E-state index in [9.17, 15) is 13.6 Å². The average molecular weight is 326 g/mol. The Morgan fingerprint density at radius 2 is 1.79 bits per heavy atom. The fraction of sp³-hybridized carbons (Fsp3) is 0.0714. The zero-order valence-corrected chi connectivity index (χ0v) is 11.4. The van der Waals surface area contributed by atoms with Gasteiger partial charge in [-0.2, -0.15) is 0 Å². The van der Waals surface area contributed by atoms with E-state index < -0.39 is 11.7 Å². The summed E-state index contributed by atoms with van der Waals surface area (Å²) in [6.45, 7) is 0.252. The molecule has 2 rings (SSSR count). The van der Waals surface area contributed by atoms with Crippen LogP contribution in [-0.4, -0.2) is 5.91 Å². The molecule has 0 aromatic heterocycles. The van der Waals surface area contributed by atoms with Gasteiger partial charge in [0.05, 0.1) is 10.0 Å². The molecule has 0 radical (unpaired) electrons. The second-order valence-electron chi connectivity index (χ2n) is 3.91. The van der Waals surface area contributed by atoms with Crippen LogP contribution in [0.1, 0.15) is 15.9 Å². The molecule has 1 amide bonds. The van der Waals surface area contributed by atoms with Gasteiger partial charge in [-0.1, -0.05) is 18.2 Å². The van der Waals surface area contributed by atoms with Crippen molar-refractivity contribution in [2.24, 2.45) is 0 Å². The second kappa shape index (κ2) is 5.93. The van der Waals surface area contributed by atoms with Crippen molar-refractivity contribution in [3.8, 4) is 0 Å². The highest BCUT2D eigenvalue weighted by Crippen LogP contribution is 2.20. The Kier molecular flexibility index (Phi) is 4.27. The molecule has 0 aliphatic rings. The normalized spacial score (nSPS) is 10.3. The predicted molar refractivity (Wildman–Crippen MR) is 71.7 cm³/mol. The second-order valence-corrected chi connectivity index (χ2v) is 4.70. The molecule has 98 valence electrons. The standard InChI is InChI=1S/C14H10BrF2NO/c15-13-11(2-1-3-12(13)17)14(19)18-8-9-4-6-10(16)7-5-9/h1-7H,8H2,(H,18,19). The van der Waals surface area contributed by atoms with Gasteiger partial charge in [0, 0.05) is 6.54 Å². The van der Waals surface area contributed by atoms with Gasteiger partial charge in [-0.3, -0.25) is 4.79 Å². The molecule has 0 aliphatic heterocycles. The lowest BCUT2D eigenvalue weighted by Crippen LogP contribution is -2.23. The third kappa shape index (κ3) is 3.38. The van der Waals surface area contributed by atoms with Gasteiger partial charge in [0.25, 0.3) is 5.91 Å². The van der Waals surface area contributed by atoms with Crippen molar-refractivity contribution in [1.29, 1.82) is 0 Å². The van der Waals surface area contributed by atoms with Crippen LogP contribution in [0.25, 0.3) is 0 Å². The number of carbonyl (C=O) groups is 1. The summed E-state index contributed by atoms with van der Waals surface area (Å²) in [4.78, 5) is 11.9. The Morgan fingerprint density at radius 3 is 2.47 bits per heavy atom. The van der Waals surface area contributed by atoms with Crippen molar-refractivity contribution < 1.29 is 13.6 Å². The first kappa shape index (κ1) is 13.7. The molecule has 0 unspecified atom stereocenters. The first-order valence-electron chi connectivity index (χ1n) is 5.54. The molecule has 0 atom stereocenters. The van der Waals surface area contributed by atoms with Crippen LogP contribution in [0.4, 0.5) is 8.78 Å². The molecule has 1 N–H and O–H groups in total. The van der Waals surface area contributed by atoms with E-state index in [1.54, 1.807) is 12.1 Å².